The molecule has 1 rings (SSSR count). The number of unbranched alkanes of at least 4 members (excludes halogenated alkanes) is 1. The van der Waals surface area contributed by atoms with Crippen molar-refractivity contribution in [1.82, 2.24) is 0 Å². The first-order valence-corrected chi connectivity index (χ1v) is 7.44. The minimum absolute atomic E-state index is 0.141. The van der Waals surface area contributed by atoms with Gasteiger partial charge in [0, 0.05) is 17.7 Å². The van der Waals surface area contributed by atoms with Crippen molar-refractivity contribution in [3.8, 4) is 12.3 Å². The molecule has 0 saturated heterocycles. The highest BCUT2D eigenvalue weighted by Gasteiger charge is 2.09. The fraction of sp³-hybridized carbons (Fsp3) is 0.500. The third-order valence-electron chi connectivity index (χ3n) is 2.76. The molecule has 21 heavy (non-hydrogen) atoms. The molecule has 116 valence electrons. The van der Waals surface area contributed by atoms with Gasteiger partial charge in [-0.05, 0) is 38.5 Å². The zero-order valence-electron chi connectivity index (χ0n) is 13.3. The quantitative estimate of drug-likeness (QED) is 0.472. The second kappa shape index (κ2) is 12.0. The Morgan fingerprint density at radius 2 is 2.14 bits per heavy atom. The van der Waals surface area contributed by atoms with Gasteiger partial charge in [0.05, 0.1) is 12.2 Å². The van der Waals surface area contributed by atoms with E-state index in [1.54, 1.807) is 12.1 Å². The number of nitrogen functional groups attached to an aromatic ring is 1. The fourth-order valence-corrected chi connectivity index (χ4v) is 1.79. The number of hydrogen-bond acceptors (Lipinski definition) is 3. The summed E-state index contributed by atoms with van der Waals surface area (Å²) in [6, 6.07) is 7.25. The molecule has 0 heterocycles. The number of benzene rings is 1. The molecular weight excluding hydrogens is 262 g/mol. The van der Waals surface area contributed by atoms with E-state index in [9.17, 15) is 4.79 Å². The summed E-state index contributed by atoms with van der Waals surface area (Å²) < 4.78 is 5.56. The fourth-order valence-electron chi connectivity index (χ4n) is 1.79. The van der Waals surface area contributed by atoms with Crippen molar-refractivity contribution in [2.24, 2.45) is 0 Å². The van der Waals surface area contributed by atoms with Gasteiger partial charge in [-0.15, -0.1) is 6.42 Å². The van der Waals surface area contributed by atoms with Crippen LogP contribution in [0, 0.1) is 12.3 Å². The topological polar surface area (TPSA) is 52.3 Å². The highest BCUT2D eigenvalue weighted by atomic mass is 16.5. The van der Waals surface area contributed by atoms with Gasteiger partial charge in [-0.2, -0.15) is 0 Å². The predicted octanol–water partition coefficient (Wildman–Crippen LogP) is 3.81. The van der Waals surface area contributed by atoms with E-state index in [4.69, 9.17) is 16.9 Å². The molecule has 3 heteroatoms. The third-order valence-corrected chi connectivity index (χ3v) is 2.76. The normalized spacial score (nSPS) is 11.2. The number of terminal acetylenes is 1. The zero-order valence-corrected chi connectivity index (χ0v) is 13.3. The average molecular weight is 289 g/mol. The molecule has 0 aliphatic carbocycles. The van der Waals surface area contributed by atoms with Gasteiger partial charge in [-0.25, -0.2) is 0 Å². The Labute approximate surface area is 128 Å². The van der Waals surface area contributed by atoms with Crippen molar-refractivity contribution in [3.63, 3.8) is 0 Å². The number of aldehydes is 1. The summed E-state index contributed by atoms with van der Waals surface area (Å²) in [7, 11) is 0. The first-order chi connectivity index (χ1) is 10.0. The molecule has 0 radical (unpaired) electrons. The van der Waals surface area contributed by atoms with Gasteiger partial charge >= 0.3 is 0 Å². The molecule has 0 amide bonds. The number of carbonyl (C=O) groups excluding carboxylic acids is 1. The van der Waals surface area contributed by atoms with Crippen molar-refractivity contribution < 1.29 is 9.53 Å². The van der Waals surface area contributed by atoms with Crippen LogP contribution in [0.3, 0.4) is 0 Å². The number of nitrogens with two attached hydrogens (primary N) is 1. The number of carbonyl (C=O) groups is 1. The summed E-state index contributed by atoms with van der Waals surface area (Å²) in [6.45, 7) is 6.15. The monoisotopic (exact) mass is 289 g/mol. The minimum atomic E-state index is 0.141. The molecule has 0 bridgehead atoms. The molecule has 0 spiro atoms. The smallest absolute Gasteiger partial charge is 0.122 e. The van der Waals surface area contributed by atoms with E-state index in [0.29, 0.717) is 12.1 Å². The SMILES string of the molecule is C#Cc1cccc(N)c1.CCCCC(CC=O)OC(C)C. The molecule has 0 fully saturated rings. The first kappa shape index (κ1) is 19.2. The molecule has 3 nitrogen and oxygen atoms in total. The summed E-state index contributed by atoms with van der Waals surface area (Å²) in [5, 5.41) is 0. The van der Waals surface area contributed by atoms with Crippen molar-refractivity contribution in [2.75, 3.05) is 5.73 Å². The van der Waals surface area contributed by atoms with Gasteiger partial charge in [0.1, 0.15) is 6.29 Å². The van der Waals surface area contributed by atoms with E-state index in [-0.39, 0.29) is 12.2 Å². The molecule has 0 aliphatic rings. The van der Waals surface area contributed by atoms with E-state index in [1.807, 2.05) is 26.0 Å². The summed E-state index contributed by atoms with van der Waals surface area (Å²) in [5.74, 6) is 2.49. The maximum absolute atomic E-state index is 10.3. The van der Waals surface area contributed by atoms with E-state index in [2.05, 4.69) is 12.8 Å². The van der Waals surface area contributed by atoms with Crippen LogP contribution >= 0.6 is 0 Å². The van der Waals surface area contributed by atoms with Crippen LogP contribution in [0.5, 0.6) is 0 Å². The molecular formula is C18H27NO2. The van der Waals surface area contributed by atoms with Crippen LogP contribution in [0.4, 0.5) is 5.69 Å². The predicted molar refractivity (Wildman–Crippen MR) is 89.0 cm³/mol. The van der Waals surface area contributed by atoms with Crippen LogP contribution in [0.15, 0.2) is 24.3 Å². The Morgan fingerprint density at radius 1 is 1.43 bits per heavy atom. The third kappa shape index (κ3) is 10.6. The molecule has 1 atom stereocenters. The lowest BCUT2D eigenvalue weighted by atomic mass is 10.1. The van der Waals surface area contributed by atoms with Crippen molar-refractivity contribution in [2.45, 2.75) is 58.7 Å². The average Bonchev–Trinajstić information content (AvgIpc) is 2.45. The van der Waals surface area contributed by atoms with Crippen molar-refractivity contribution >= 4 is 12.0 Å². The summed E-state index contributed by atoms with van der Waals surface area (Å²) in [4.78, 5) is 10.3. The van der Waals surface area contributed by atoms with Crippen LogP contribution in [-0.4, -0.2) is 18.5 Å². The van der Waals surface area contributed by atoms with E-state index < -0.39 is 0 Å². The summed E-state index contributed by atoms with van der Waals surface area (Å²) >= 11 is 0. The van der Waals surface area contributed by atoms with Crippen LogP contribution in [0.2, 0.25) is 0 Å². The van der Waals surface area contributed by atoms with Gasteiger partial charge in [-0.3, -0.25) is 0 Å². The highest BCUT2D eigenvalue weighted by molar-refractivity contribution is 5.50. The van der Waals surface area contributed by atoms with Crippen LogP contribution in [0.1, 0.15) is 52.0 Å². The van der Waals surface area contributed by atoms with Crippen molar-refractivity contribution in [3.05, 3.63) is 29.8 Å². The number of anilines is 1. The lowest BCUT2D eigenvalue weighted by molar-refractivity contribution is -0.111. The second-order valence-electron chi connectivity index (χ2n) is 5.12. The Hall–Kier alpha value is -1.79. The molecule has 0 aliphatic heterocycles. The molecule has 2 N–H and O–H groups in total. The van der Waals surface area contributed by atoms with Crippen LogP contribution in [-0.2, 0) is 9.53 Å². The van der Waals surface area contributed by atoms with Crippen molar-refractivity contribution in [1.29, 1.82) is 0 Å². The van der Waals surface area contributed by atoms with E-state index in [1.165, 1.54) is 0 Å². The van der Waals surface area contributed by atoms with Gasteiger partial charge in [0.15, 0.2) is 0 Å². The summed E-state index contributed by atoms with van der Waals surface area (Å²) in [6.07, 6.45) is 10.3. The molecule has 0 saturated carbocycles. The van der Waals surface area contributed by atoms with Crippen LogP contribution < -0.4 is 5.73 Å². The first-order valence-electron chi connectivity index (χ1n) is 7.44. The molecule has 1 aromatic rings. The molecule has 1 aromatic carbocycles. The lowest BCUT2D eigenvalue weighted by Gasteiger charge is -2.17. The number of hydrogen-bond donors (Lipinski definition) is 1. The maximum Gasteiger partial charge on any atom is 0.122 e. The van der Waals surface area contributed by atoms with Gasteiger partial charge < -0.3 is 15.3 Å². The Bertz CT molecular complexity index is 435. The van der Waals surface area contributed by atoms with Gasteiger partial charge in [0.2, 0.25) is 0 Å². The molecule has 0 aromatic heterocycles. The standard InChI is InChI=1S/C10H20O2.C8H7N/c1-4-5-6-10(7-8-11)12-9(2)3;1-2-7-4-3-5-8(9)6-7/h8-10H,4-7H2,1-3H3;1,3-6H,9H2. The second-order valence-corrected chi connectivity index (χ2v) is 5.12. The van der Waals surface area contributed by atoms with Gasteiger partial charge in [-0.1, -0.05) is 31.8 Å². The lowest BCUT2D eigenvalue weighted by Crippen LogP contribution is -2.18. The van der Waals surface area contributed by atoms with E-state index >= 15 is 0 Å². The summed E-state index contributed by atoms with van der Waals surface area (Å²) in [5.41, 5.74) is 6.98. The van der Waals surface area contributed by atoms with Crippen LogP contribution in [0.25, 0.3) is 0 Å². The van der Waals surface area contributed by atoms with E-state index in [0.717, 1.165) is 31.1 Å². The minimum Gasteiger partial charge on any atom is -0.399 e. The maximum atomic E-state index is 10.3. The Balaban J connectivity index is 0.000000394. The largest absolute Gasteiger partial charge is 0.399 e. The van der Waals surface area contributed by atoms with Gasteiger partial charge in [0.25, 0.3) is 0 Å². The number of rotatable bonds is 7. The highest BCUT2D eigenvalue weighted by Crippen LogP contribution is 2.09. The number of ether oxygens (including phenoxy) is 1. The Kier molecular flexibility index (Phi) is 11.0. The zero-order chi connectivity index (χ0) is 16.1. The molecule has 1 unspecified atom stereocenters. The Morgan fingerprint density at radius 3 is 2.57 bits per heavy atom.